The van der Waals surface area contributed by atoms with E-state index < -0.39 is 15.7 Å². The number of hydrogen-bond donors (Lipinski definition) is 0. The number of benzene rings is 2. The van der Waals surface area contributed by atoms with Gasteiger partial charge < -0.3 is 4.90 Å². The highest BCUT2D eigenvalue weighted by molar-refractivity contribution is 7.90. The van der Waals surface area contributed by atoms with Crippen molar-refractivity contribution in [2.24, 2.45) is 0 Å². The average Bonchev–Trinajstić information content (AvgIpc) is 3.38. The molecule has 0 bridgehead atoms. The molecule has 4 aromatic rings. The number of rotatable bonds is 4. The maximum absolute atomic E-state index is 13.9. The van der Waals surface area contributed by atoms with Crippen molar-refractivity contribution in [1.82, 2.24) is 19.7 Å². The molecule has 0 unspecified atom stereocenters. The second kappa shape index (κ2) is 7.93. The maximum Gasteiger partial charge on any atom is 0.255 e. The third-order valence-electron chi connectivity index (χ3n) is 5.58. The summed E-state index contributed by atoms with van der Waals surface area (Å²) in [5.41, 5.74) is 3.72. The third-order valence-corrected chi connectivity index (χ3v) is 6.69. The molecular formula is C24H19FN4O3S. The molecule has 5 rings (SSSR count). The van der Waals surface area contributed by atoms with Crippen LogP contribution in [0.25, 0.3) is 16.8 Å². The lowest BCUT2D eigenvalue weighted by Crippen LogP contribution is -2.26. The second-order valence-electron chi connectivity index (χ2n) is 7.90. The highest BCUT2D eigenvalue weighted by atomic mass is 32.2. The van der Waals surface area contributed by atoms with Gasteiger partial charge in [0.25, 0.3) is 5.91 Å². The molecule has 0 saturated carbocycles. The summed E-state index contributed by atoms with van der Waals surface area (Å²) < 4.78 is 39.9. The zero-order chi connectivity index (χ0) is 23.2. The molecule has 0 aliphatic carbocycles. The van der Waals surface area contributed by atoms with Gasteiger partial charge in [-0.15, -0.1) is 0 Å². The second-order valence-corrected chi connectivity index (χ2v) is 9.92. The summed E-state index contributed by atoms with van der Waals surface area (Å²) >= 11 is 0. The van der Waals surface area contributed by atoms with Gasteiger partial charge >= 0.3 is 0 Å². The molecule has 0 spiro atoms. The first-order chi connectivity index (χ1) is 15.8. The topological polar surface area (TPSA) is 85.2 Å². The maximum atomic E-state index is 13.9. The number of nitrogens with zero attached hydrogens (tertiary/aromatic N) is 4. The number of halogens is 1. The van der Waals surface area contributed by atoms with Gasteiger partial charge in [0.2, 0.25) is 0 Å². The van der Waals surface area contributed by atoms with Gasteiger partial charge in [0.05, 0.1) is 22.8 Å². The molecule has 33 heavy (non-hydrogen) atoms. The van der Waals surface area contributed by atoms with E-state index in [1.54, 1.807) is 40.2 Å². The summed E-state index contributed by atoms with van der Waals surface area (Å²) in [7, 11) is -3.53. The van der Waals surface area contributed by atoms with Crippen molar-refractivity contribution in [3.8, 4) is 16.8 Å². The van der Waals surface area contributed by atoms with Crippen LogP contribution in [0, 0.1) is 5.82 Å². The summed E-state index contributed by atoms with van der Waals surface area (Å²) in [4.78, 5) is 19.2. The number of sulfone groups is 1. The quantitative estimate of drug-likeness (QED) is 0.462. The van der Waals surface area contributed by atoms with E-state index in [2.05, 4.69) is 10.1 Å². The smallest absolute Gasteiger partial charge is 0.255 e. The van der Waals surface area contributed by atoms with Crippen LogP contribution in [0.5, 0.6) is 0 Å². The van der Waals surface area contributed by atoms with Gasteiger partial charge in [-0.05, 0) is 47.5 Å². The molecule has 2 aromatic heterocycles. The Bertz CT molecular complexity index is 1460. The molecule has 0 atom stereocenters. The minimum atomic E-state index is -3.53. The summed E-state index contributed by atoms with van der Waals surface area (Å²) in [6, 6.07) is 13.9. The Kier molecular flexibility index (Phi) is 5.05. The van der Waals surface area contributed by atoms with E-state index in [1.807, 2.05) is 18.3 Å². The van der Waals surface area contributed by atoms with E-state index in [0.717, 1.165) is 23.2 Å². The van der Waals surface area contributed by atoms with Crippen molar-refractivity contribution in [1.29, 1.82) is 0 Å². The van der Waals surface area contributed by atoms with Crippen LogP contribution in [0.1, 0.15) is 21.6 Å². The molecule has 1 amide bonds. The van der Waals surface area contributed by atoms with Crippen LogP contribution in [0.15, 0.2) is 78.1 Å². The molecule has 166 valence electrons. The summed E-state index contributed by atoms with van der Waals surface area (Å²) in [6.07, 6.45) is 6.33. The largest absolute Gasteiger partial charge is 0.328 e. The van der Waals surface area contributed by atoms with Gasteiger partial charge in [-0.2, -0.15) is 5.10 Å². The lowest BCUT2D eigenvalue weighted by atomic mass is 9.98. The number of amides is 1. The zero-order valence-corrected chi connectivity index (χ0v) is 18.5. The lowest BCUT2D eigenvalue weighted by molar-refractivity contribution is 0.0749. The Morgan fingerprint density at radius 1 is 1.03 bits per heavy atom. The first-order valence-corrected chi connectivity index (χ1v) is 12.1. The van der Waals surface area contributed by atoms with Crippen molar-refractivity contribution in [2.75, 3.05) is 6.26 Å². The first kappa shape index (κ1) is 21.0. The average molecular weight is 463 g/mol. The molecular weight excluding hydrogens is 443 g/mol. The van der Waals surface area contributed by atoms with Crippen LogP contribution >= 0.6 is 0 Å². The molecule has 1 aliphatic rings. The van der Waals surface area contributed by atoms with E-state index in [-0.39, 0.29) is 22.9 Å². The van der Waals surface area contributed by atoms with Crippen molar-refractivity contribution in [2.45, 2.75) is 18.0 Å². The molecule has 3 heterocycles. The minimum Gasteiger partial charge on any atom is -0.328 e. The Hall–Kier alpha value is -3.85. The number of hydrogen-bond acceptors (Lipinski definition) is 5. The normalized spacial score (nSPS) is 13.2. The van der Waals surface area contributed by atoms with Gasteiger partial charge in [-0.25, -0.2) is 17.5 Å². The molecule has 0 saturated heterocycles. The summed E-state index contributed by atoms with van der Waals surface area (Å²) in [6.45, 7) is 0.628. The SMILES string of the molecule is CS(=O)(=O)c1ccc(-c2cccc(F)c2)c(C(=O)N2Cc3cn(-c4ccncc4)nc3C2)c1. The van der Waals surface area contributed by atoms with Crippen LogP contribution in [-0.4, -0.2) is 40.2 Å². The number of pyridine rings is 1. The van der Waals surface area contributed by atoms with Crippen molar-refractivity contribution < 1.29 is 17.6 Å². The fourth-order valence-electron chi connectivity index (χ4n) is 3.93. The van der Waals surface area contributed by atoms with Gasteiger partial charge in [0.1, 0.15) is 5.82 Å². The monoisotopic (exact) mass is 462 g/mol. The predicted molar refractivity (Wildman–Crippen MR) is 120 cm³/mol. The van der Waals surface area contributed by atoms with Crippen molar-refractivity contribution in [3.05, 3.63) is 95.8 Å². The molecule has 9 heteroatoms. The highest BCUT2D eigenvalue weighted by Crippen LogP contribution is 2.31. The first-order valence-electron chi connectivity index (χ1n) is 10.2. The van der Waals surface area contributed by atoms with Gasteiger partial charge in [0, 0.05) is 42.5 Å². The zero-order valence-electron chi connectivity index (χ0n) is 17.6. The third kappa shape index (κ3) is 4.03. The number of carbonyl (C=O) groups is 1. The van der Waals surface area contributed by atoms with E-state index in [0.29, 0.717) is 17.7 Å². The van der Waals surface area contributed by atoms with Crippen LogP contribution in [0.3, 0.4) is 0 Å². The van der Waals surface area contributed by atoms with Crippen LogP contribution in [0.4, 0.5) is 4.39 Å². The van der Waals surface area contributed by atoms with Crippen LogP contribution in [-0.2, 0) is 22.9 Å². The molecule has 2 aromatic carbocycles. The standard InChI is InChI=1S/C24H19FN4O3S/c1-33(31,32)20-5-6-21(16-3-2-4-18(25)11-16)22(12-20)24(30)28-13-17-14-29(27-23(17)15-28)19-7-9-26-10-8-19/h2-12,14H,13,15H2,1H3. The van der Waals surface area contributed by atoms with Crippen molar-refractivity contribution >= 4 is 15.7 Å². The van der Waals surface area contributed by atoms with Gasteiger partial charge in [-0.1, -0.05) is 18.2 Å². The predicted octanol–water partition coefficient (Wildman–Crippen LogP) is 3.63. The summed E-state index contributed by atoms with van der Waals surface area (Å²) in [5.74, 6) is -0.780. The molecule has 0 fully saturated rings. The molecule has 1 aliphatic heterocycles. The fourth-order valence-corrected chi connectivity index (χ4v) is 4.58. The van der Waals surface area contributed by atoms with E-state index in [9.17, 15) is 17.6 Å². The Morgan fingerprint density at radius 3 is 2.52 bits per heavy atom. The van der Waals surface area contributed by atoms with E-state index >= 15 is 0 Å². The Balaban J connectivity index is 1.50. The minimum absolute atomic E-state index is 0.0332. The van der Waals surface area contributed by atoms with Gasteiger partial charge in [0.15, 0.2) is 9.84 Å². The van der Waals surface area contributed by atoms with Crippen molar-refractivity contribution in [3.63, 3.8) is 0 Å². The van der Waals surface area contributed by atoms with E-state index in [1.165, 1.54) is 24.3 Å². The fraction of sp³-hybridized carbons (Fsp3) is 0.125. The summed E-state index contributed by atoms with van der Waals surface area (Å²) in [5, 5.41) is 4.59. The van der Waals surface area contributed by atoms with E-state index in [4.69, 9.17) is 0 Å². The van der Waals surface area contributed by atoms with Crippen LogP contribution < -0.4 is 0 Å². The lowest BCUT2D eigenvalue weighted by Gasteiger charge is -2.19. The number of carbonyl (C=O) groups excluding carboxylic acids is 1. The van der Waals surface area contributed by atoms with Crippen LogP contribution in [0.2, 0.25) is 0 Å². The molecule has 7 nitrogen and oxygen atoms in total. The highest BCUT2D eigenvalue weighted by Gasteiger charge is 2.29. The Morgan fingerprint density at radius 2 is 1.82 bits per heavy atom. The molecule has 0 radical (unpaired) electrons. The number of aromatic nitrogens is 3. The number of fused-ring (bicyclic) bond motifs is 1. The Labute approximate surface area is 190 Å². The van der Waals surface area contributed by atoms with Gasteiger partial charge in [-0.3, -0.25) is 9.78 Å². The molecule has 0 N–H and O–H groups in total.